The van der Waals surface area contributed by atoms with Gasteiger partial charge in [0.25, 0.3) is 0 Å². The smallest absolute Gasteiger partial charge is 0.338 e. The molecule has 92 valence electrons. The molecule has 0 atom stereocenters. The first-order chi connectivity index (χ1) is 8.43. The highest BCUT2D eigenvalue weighted by Gasteiger charge is 2.22. The summed E-state index contributed by atoms with van der Waals surface area (Å²) in [4.78, 5) is 22.2. The minimum Gasteiger partial charge on any atom is -0.478 e. The molecule has 0 radical (unpaired) electrons. The van der Waals surface area contributed by atoms with Crippen molar-refractivity contribution in [3.05, 3.63) is 35.4 Å². The quantitative estimate of drug-likeness (QED) is 0.593. The Morgan fingerprint density at radius 2 is 1.72 bits per heavy atom. The maximum Gasteiger partial charge on any atom is 0.338 e. The van der Waals surface area contributed by atoms with Crippen LogP contribution in [0.3, 0.4) is 0 Å². The van der Waals surface area contributed by atoms with E-state index in [1.54, 1.807) is 18.2 Å². The molecule has 6 nitrogen and oxygen atoms in total. The van der Waals surface area contributed by atoms with Crippen molar-refractivity contribution in [1.82, 2.24) is 0 Å². The lowest BCUT2D eigenvalue weighted by Gasteiger charge is -2.11. The number of hydrogen-bond acceptors (Lipinski definition) is 4. The third-order valence-corrected chi connectivity index (χ3v) is 2.68. The summed E-state index contributed by atoms with van der Waals surface area (Å²) in [6.07, 6.45) is 0. The Morgan fingerprint density at radius 1 is 1.06 bits per heavy atom. The maximum absolute atomic E-state index is 11.1. The molecule has 0 aliphatic heterocycles. The summed E-state index contributed by atoms with van der Waals surface area (Å²) in [6, 6.07) is 6.10. The molecule has 0 aliphatic rings. The Hall–Kier alpha value is -2.76. The highest BCUT2D eigenvalue weighted by molar-refractivity contribution is 6.15. The molecule has 6 heteroatoms. The normalized spacial score (nSPS) is 10.4. The first kappa shape index (κ1) is 11.7. The van der Waals surface area contributed by atoms with Gasteiger partial charge in [0.1, 0.15) is 0 Å². The lowest BCUT2D eigenvalue weighted by molar-refractivity contribution is 0.0652. The third-order valence-electron chi connectivity index (χ3n) is 2.68. The molecule has 0 bridgehead atoms. The summed E-state index contributed by atoms with van der Waals surface area (Å²) in [5, 5.41) is 18.9. The fraction of sp³-hybridized carbons (Fsp3) is 0. The Balaban J connectivity index is 3.00. The van der Waals surface area contributed by atoms with Crippen molar-refractivity contribution in [3.8, 4) is 0 Å². The molecule has 0 unspecified atom stereocenters. The van der Waals surface area contributed by atoms with Gasteiger partial charge in [0.15, 0.2) is 0 Å². The van der Waals surface area contributed by atoms with Crippen LogP contribution >= 0.6 is 0 Å². The number of carboxylic acid groups (broad SMARTS) is 2. The Bertz CT molecular complexity index is 679. The van der Waals surface area contributed by atoms with Crippen LogP contribution in [0.1, 0.15) is 20.7 Å². The fourth-order valence-electron chi connectivity index (χ4n) is 1.92. The van der Waals surface area contributed by atoms with E-state index in [4.69, 9.17) is 21.7 Å². The highest BCUT2D eigenvalue weighted by atomic mass is 16.4. The van der Waals surface area contributed by atoms with Gasteiger partial charge in [-0.2, -0.15) is 0 Å². The molecule has 0 aromatic heterocycles. The SMILES string of the molecule is Nc1cccc2cc(C(=O)O)c(C(=O)O)c(N)c12. The van der Waals surface area contributed by atoms with Gasteiger partial charge in [-0.25, -0.2) is 9.59 Å². The van der Waals surface area contributed by atoms with Crippen molar-refractivity contribution in [1.29, 1.82) is 0 Å². The molecule has 18 heavy (non-hydrogen) atoms. The molecule has 6 N–H and O–H groups in total. The van der Waals surface area contributed by atoms with Gasteiger partial charge in [0.05, 0.1) is 16.8 Å². The second-order valence-electron chi connectivity index (χ2n) is 3.77. The fourth-order valence-corrected chi connectivity index (χ4v) is 1.92. The van der Waals surface area contributed by atoms with Crippen LogP contribution in [0.25, 0.3) is 10.8 Å². The Morgan fingerprint density at radius 3 is 2.28 bits per heavy atom. The minimum absolute atomic E-state index is 0.129. The number of aromatic carboxylic acids is 2. The topological polar surface area (TPSA) is 127 Å². The van der Waals surface area contributed by atoms with Crippen molar-refractivity contribution in [2.45, 2.75) is 0 Å². The Kier molecular flexibility index (Phi) is 2.55. The number of fused-ring (bicyclic) bond motifs is 1. The van der Waals surface area contributed by atoms with E-state index in [0.717, 1.165) is 0 Å². The van der Waals surface area contributed by atoms with Crippen LogP contribution < -0.4 is 11.5 Å². The lowest BCUT2D eigenvalue weighted by Crippen LogP contribution is -2.12. The highest BCUT2D eigenvalue weighted by Crippen LogP contribution is 2.32. The van der Waals surface area contributed by atoms with Gasteiger partial charge >= 0.3 is 11.9 Å². The van der Waals surface area contributed by atoms with Crippen LogP contribution in [0.4, 0.5) is 11.4 Å². The van der Waals surface area contributed by atoms with Crippen molar-refractivity contribution in [3.63, 3.8) is 0 Å². The zero-order valence-electron chi connectivity index (χ0n) is 9.18. The van der Waals surface area contributed by atoms with E-state index in [1.165, 1.54) is 6.07 Å². The number of rotatable bonds is 2. The zero-order chi connectivity index (χ0) is 13.4. The monoisotopic (exact) mass is 246 g/mol. The lowest BCUT2D eigenvalue weighted by atomic mass is 9.97. The zero-order valence-corrected chi connectivity index (χ0v) is 9.18. The third kappa shape index (κ3) is 1.60. The number of carbonyl (C=O) groups is 2. The van der Waals surface area contributed by atoms with E-state index in [-0.39, 0.29) is 11.3 Å². The summed E-state index contributed by atoms with van der Waals surface area (Å²) in [5.74, 6) is -2.74. The predicted octanol–water partition coefficient (Wildman–Crippen LogP) is 1.40. The molecular weight excluding hydrogens is 236 g/mol. The van der Waals surface area contributed by atoms with Crippen molar-refractivity contribution < 1.29 is 19.8 Å². The molecule has 0 fully saturated rings. The summed E-state index contributed by atoms with van der Waals surface area (Å²) >= 11 is 0. The molecule has 0 aliphatic carbocycles. The molecule has 0 heterocycles. The largest absolute Gasteiger partial charge is 0.478 e. The van der Waals surface area contributed by atoms with Crippen LogP contribution in [0.2, 0.25) is 0 Å². The maximum atomic E-state index is 11.1. The predicted molar refractivity (Wildman–Crippen MR) is 66.7 cm³/mol. The van der Waals surface area contributed by atoms with Crippen molar-refractivity contribution >= 4 is 34.1 Å². The van der Waals surface area contributed by atoms with Gasteiger partial charge < -0.3 is 21.7 Å². The Labute approximate surface area is 101 Å². The first-order valence-corrected chi connectivity index (χ1v) is 5.00. The number of hydrogen-bond donors (Lipinski definition) is 4. The van der Waals surface area contributed by atoms with Crippen molar-refractivity contribution in [2.75, 3.05) is 11.5 Å². The standard InChI is InChI=1S/C12H10N2O4/c13-7-3-1-2-5-4-6(11(15)16)9(12(17)18)10(14)8(5)7/h1-4H,13-14H2,(H,15,16)(H,17,18). The second kappa shape index (κ2) is 3.92. The average molecular weight is 246 g/mol. The summed E-state index contributed by atoms with van der Waals surface area (Å²) in [7, 11) is 0. The van der Waals surface area contributed by atoms with Gasteiger partial charge in [0.2, 0.25) is 0 Å². The van der Waals surface area contributed by atoms with E-state index in [2.05, 4.69) is 0 Å². The molecule has 2 aromatic carbocycles. The van der Waals surface area contributed by atoms with Crippen LogP contribution in [0, 0.1) is 0 Å². The summed E-state index contributed by atoms with van der Waals surface area (Å²) in [5.41, 5.74) is 10.9. The van der Waals surface area contributed by atoms with Gasteiger partial charge in [0, 0.05) is 11.1 Å². The van der Waals surface area contributed by atoms with Gasteiger partial charge in [-0.3, -0.25) is 0 Å². The van der Waals surface area contributed by atoms with E-state index in [0.29, 0.717) is 16.5 Å². The molecule has 0 spiro atoms. The molecule has 0 saturated heterocycles. The number of benzene rings is 2. The van der Waals surface area contributed by atoms with Crippen LogP contribution in [0.15, 0.2) is 24.3 Å². The number of nitrogen functional groups attached to an aromatic ring is 2. The van der Waals surface area contributed by atoms with Gasteiger partial charge in [-0.05, 0) is 17.5 Å². The van der Waals surface area contributed by atoms with Gasteiger partial charge in [-0.15, -0.1) is 0 Å². The average Bonchev–Trinajstić information content (AvgIpc) is 2.27. The van der Waals surface area contributed by atoms with Gasteiger partial charge in [-0.1, -0.05) is 12.1 Å². The second-order valence-corrected chi connectivity index (χ2v) is 3.77. The molecule has 2 rings (SSSR count). The molecule has 2 aromatic rings. The summed E-state index contributed by atoms with van der Waals surface area (Å²) in [6.45, 7) is 0. The molecule has 0 amide bonds. The van der Waals surface area contributed by atoms with Crippen LogP contribution in [0.5, 0.6) is 0 Å². The van der Waals surface area contributed by atoms with E-state index in [9.17, 15) is 9.59 Å². The number of carboxylic acids is 2. The molecular formula is C12H10N2O4. The first-order valence-electron chi connectivity index (χ1n) is 5.00. The van der Waals surface area contributed by atoms with E-state index < -0.39 is 17.5 Å². The minimum atomic E-state index is -1.39. The van der Waals surface area contributed by atoms with E-state index >= 15 is 0 Å². The summed E-state index contributed by atoms with van der Waals surface area (Å²) < 4.78 is 0. The van der Waals surface area contributed by atoms with Crippen molar-refractivity contribution in [2.24, 2.45) is 0 Å². The molecule has 0 saturated carbocycles. The number of nitrogens with two attached hydrogens (primary N) is 2. The number of anilines is 2. The van der Waals surface area contributed by atoms with Crippen LogP contribution in [-0.4, -0.2) is 22.2 Å². The van der Waals surface area contributed by atoms with Crippen LogP contribution in [-0.2, 0) is 0 Å². The van der Waals surface area contributed by atoms with E-state index in [1.807, 2.05) is 0 Å².